The fourth-order valence-electron chi connectivity index (χ4n) is 2.38. The summed E-state index contributed by atoms with van der Waals surface area (Å²) < 4.78 is 0. The molecule has 0 spiro atoms. The van der Waals surface area contributed by atoms with Gasteiger partial charge >= 0.3 is 0 Å². The number of rotatable bonds is 6. The molecule has 0 aromatic heterocycles. The van der Waals surface area contributed by atoms with Crippen molar-refractivity contribution >= 4 is 23.2 Å². The summed E-state index contributed by atoms with van der Waals surface area (Å²) in [6, 6.07) is 5.81. The van der Waals surface area contributed by atoms with Crippen LogP contribution >= 0.6 is 23.2 Å². The predicted molar refractivity (Wildman–Crippen MR) is 85.3 cm³/mol. The summed E-state index contributed by atoms with van der Waals surface area (Å²) in [6.45, 7) is 7.44. The van der Waals surface area contributed by atoms with Crippen LogP contribution in [0.5, 0.6) is 0 Å². The van der Waals surface area contributed by atoms with Crippen molar-refractivity contribution in [3.8, 4) is 0 Å². The van der Waals surface area contributed by atoms with Crippen molar-refractivity contribution in [3.63, 3.8) is 0 Å². The molecule has 4 heteroatoms. The first kappa shape index (κ1) is 16.8. The molecule has 0 amide bonds. The summed E-state index contributed by atoms with van der Waals surface area (Å²) in [7, 11) is 4.21. The molecule has 0 heterocycles. The third-order valence-electron chi connectivity index (χ3n) is 4.04. The Hall–Kier alpha value is -0.280. The van der Waals surface area contributed by atoms with Crippen molar-refractivity contribution < 1.29 is 0 Å². The van der Waals surface area contributed by atoms with Gasteiger partial charge < -0.3 is 10.2 Å². The Labute approximate surface area is 127 Å². The fraction of sp³-hybridized carbons (Fsp3) is 0.600. The monoisotopic (exact) mass is 302 g/mol. The molecule has 2 nitrogen and oxygen atoms in total. The molecule has 108 valence electrons. The van der Waals surface area contributed by atoms with Crippen molar-refractivity contribution in [1.82, 2.24) is 10.2 Å². The summed E-state index contributed by atoms with van der Waals surface area (Å²) in [5.41, 5.74) is 1.04. The van der Waals surface area contributed by atoms with Crippen LogP contribution in [-0.2, 0) is 0 Å². The van der Waals surface area contributed by atoms with E-state index in [2.05, 4.69) is 45.1 Å². The molecule has 0 saturated heterocycles. The van der Waals surface area contributed by atoms with Crippen molar-refractivity contribution in [3.05, 3.63) is 33.8 Å². The van der Waals surface area contributed by atoms with E-state index < -0.39 is 0 Å². The van der Waals surface area contributed by atoms with Gasteiger partial charge in [-0.3, -0.25) is 0 Å². The Morgan fingerprint density at radius 1 is 1.26 bits per heavy atom. The second-order valence-corrected chi connectivity index (χ2v) is 6.11. The molecule has 0 bridgehead atoms. The molecule has 19 heavy (non-hydrogen) atoms. The molecule has 0 aliphatic rings. The van der Waals surface area contributed by atoms with Crippen LogP contribution in [0.2, 0.25) is 10.0 Å². The molecule has 1 aromatic rings. The van der Waals surface area contributed by atoms with E-state index in [9.17, 15) is 0 Å². The van der Waals surface area contributed by atoms with Gasteiger partial charge in [-0.25, -0.2) is 0 Å². The minimum Gasteiger partial charge on any atom is -0.309 e. The Balaban J connectivity index is 3.30. The first-order valence-electron chi connectivity index (χ1n) is 6.72. The number of hydrogen-bond acceptors (Lipinski definition) is 2. The lowest BCUT2D eigenvalue weighted by molar-refractivity contribution is 0.114. The van der Waals surface area contributed by atoms with Crippen molar-refractivity contribution in [1.29, 1.82) is 0 Å². The van der Waals surface area contributed by atoms with Gasteiger partial charge in [0.2, 0.25) is 0 Å². The summed E-state index contributed by atoms with van der Waals surface area (Å²) in [5.74, 6) is 0. The molecule has 2 unspecified atom stereocenters. The quantitative estimate of drug-likeness (QED) is 0.839. The van der Waals surface area contributed by atoms with Gasteiger partial charge in [-0.1, -0.05) is 37.0 Å². The fourth-order valence-corrected chi connectivity index (χ4v) is 2.79. The van der Waals surface area contributed by atoms with Crippen LogP contribution in [-0.4, -0.2) is 31.1 Å². The Morgan fingerprint density at radius 3 is 2.37 bits per heavy atom. The zero-order valence-corrected chi connectivity index (χ0v) is 13.9. The van der Waals surface area contributed by atoms with Gasteiger partial charge in [0.15, 0.2) is 0 Å². The molecular formula is C15H24Cl2N2. The lowest BCUT2D eigenvalue weighted by atomic mass is 9.83. The van der Waals surface area contributed by atoms with E-state index in [0.717, 1.165) is 28.6 Å². The van der Waals surface area contributed by atoms with E-state index in [0.29, 0.717) is 0 Å². The van der Waals surface area contributed by atoms with Crippen molar-refractivity contribution in [2.24, 2.45) is 0 Å². The van der Waals surface area contributed by atoms with Crippen LogP contribution in [0.4, 0.5) is 0 Å². The maximum absolute atomic E-state index is 6.38. The highest BCUT2D eigenvalue weighted by atomic mass is 35.5. The average molecular weight is 303 g/mol. The predicted octanol–water partition coefficient (Wildman–Crippen LogP) is 4.37. The van der Waals surface area contributed by atoms with Crippen LogP contribution in [0.25, 0.3) is 0 Å². The maximum Gasteiger partial charge on any atom is 0.0519 e. The van der Waals surface area contributed by atoms with E-state index in [1.54, 1.807) is 0 Å². The van der Waals surface area contributed by atoms with Crippen LogP contribution < -0.4 is 5.32 Å². The molecule has 0 aliphatic heterocycles. The zero-order valence-electron chi connectivity index (χ0n) is 12.4. The average Bonchev–Trinajstić information content (AvgIpc) is 2.38. The third kappa shape index (κ3) is 3.63. The summed E-state index contributed by atoms with van der Waals surface area (Å²) >= 11 is 12.5. The van der Waals surface area contributed by atoms with Crippen molar-refractivity contribution in [2.45, 2.75) is 38.8 Å². The summed E-state index contributed by atoms with van der Waals surface area (Å²) in [6.07, 6.45) is 1.01. The van der Waals surface area contributed by atoms with E-state index in [1.165, 1.54) is 0 Å². The standard InChI is InChI=1S/C15H24Cl2N2/c1-6-15(3,19(4)5)14(18-7-2)12-10-11(16)8-9-13(12)17/h8-10,14,18H,6-7H2,1-5H3. The molecule has 0 aliphatic carbocycles. The number of benzene rings is 1. The second kappa shape index (κ2) is 6.94. The first-order chi connectivity index (χ1) is 8.86. The van der Waals surface area contributed by atoms with Gasteiger partial charge in [-0.2, -0.15) is 0 Å². The highest BCUT2D eigenvalue weighted by Crippen LogP contribution is 2.37. The maximum atomic E-state index is 6.38. The molecule has 1 aromatic carbocycles. The minimum atomic E-state index is -0.0235. The molecular weight excluding hydrogens is 279 g/mol. The summed E-state index contributed by atoms with van der Waals surface area (Å²) in [4.78, 5) is 2.25. The van der Waals surface area contributed by atoms with E-state index in [1.807, 2.05) is 18.2 Å². The van der Waals surface area contributed by atoms with Crippen LogP contribution in [0, 0.1) is 0 Å². The molecule has 1 N–H and O–H groups in total. The van der Waals surface area contributed by atoms with E-state index in [4.69, 9.17) is 23.2 Å². The first-order valence-corrected chi connectivity index (χ1v) is 7.48. The highest BCUT2D eigenvalue weighted by molar-refractivity contribution is 6.33. The Morgan fingerprint density at radius 2 is 1.89 bits per heavy atom. The molecule has 0 saturated carbocycles. The van der Waals surface area contributed by atoms with Crippen LogP contribution in [0.1, 0.15) is 38.8 Å². The van der Waals surface area contributed by atoms with Crippen LogP contribution in [0.15, 0.2) is 18.2 Å². The topological polar surface area (TPSA) is 15.3 Å². The van der Waals surface area contributed by atoms with Gasteiger partial charge in [0.1, 0.15) is 0 Å². The largest absolute Gasteiger partial charge is 0.309 e. The molecule has 2 atom stereocenters. The SMILES string of the molecule is CCNC(c1cc(Cl)ccc1Cl)C(C)(CC)N(C)C. The highest BCUT2D eigenvalue weighted by Gasteiger charge is 2.36. The second-order valence-electron chi connectivity index (χ2n) is 5.26. The van der Waals surface area contributed by atoms with E-state index >= 15 is 0 Å². The number of likely N-dealkylation sites (N-methyl/N-ethyl adjacent to an activating group) is 2. The lowest BCUT2D eigenvalue weighted by Gasteiger charge is -2.43. The van der Waals surface area contributed by atoms with E-state index in [-0.39, 0.29) is 11.6 Å². The van der Waals surface area contributed by atoms with Gasteiger partial charge in [-0.05, 0) is 57.7 Å². The van der Waals surface area contributed by atoms with Crippen molar-refractivity contribution in [2.75, 3.05) is 20.6 Å². The minimum absolute atomic E-state index is 0.0235. The van der Waals surface area contributed by atoms with Gasteiger partial charge in [0, 0.05) is 15.6 Å². The van der Waals surface area contributed by atoms with Gasteiger partial charge in [-0.15, -0.1) is 0 Å². The smallest absolute Gasteiger partial charge is 0.0519 e. The molecule has 1 rings (SSSR count). The summed E-state index contributed by atoms with van der Waals surface area (Å²) in [5, 5.41) is 5.04. The zero-order chi connectivity index (χ0) is 14.6. The van der Waals surface area contributed by atoms with Gasteiger partial charge in [0.25, 0.3) is 0 Å². The number of halogens is 2. The normalized spacial score (nSPS) is 16.4. The number of nitrogens with one attached hydrogen (secondary N) is 1. The third-order valence-corrected chi connectivity index (χ3v) is 4.62. The molecule has 0 radical (unpaired) electrons. The number of hydrogen-bond donors (Lipinski definition) is 1. The Kier molecular flexibility index (Phi) is 6.13. The lowest BCUT2D eigenvalue weighted by Crippen LogP contribution is -2.51. The van der Waals surface area contributed by atoms with Gasteiger partial charge in [0.05, 0.1) is 6.04 Å². The number of nitrogens with zero attached hydrogens (tertiary/aromatic N) is 1. The Bertz CT molecular complexity index is 421. The molecule has 0 fully saturated rings. The van der Waals surface area contributed by atoms with Crippen LogP contribution in [0.3, 0.4) is 0 Å².